The van der Waals surface area contributed by atoms with Crippen LogP contribution in [0.2, 0.25) is 0 Å². The van der Waals surface area contributed by atoms with Crippen molar-refractivity contribution < 1.29 is 14.3 Å². The van der Waals surface area contributed by atoms with Gasteiger partial charge in [-0.05, 0) is 38.7 Å². The molecule has 4 nitrogen and oxygen atoms in total. The number of esters is 1. The zero-order chi connectivity index (χ0) is 12.9. The SMILES string of the molecule is CCOC(=O)/C(C#N)=C1\CCOC(C)(CC)C1. The van der Waals surface area contributed by atoms with E-state index in [-0.39, 0.29) is 11.2 Å². The van der Waals surface area contributed by atoms with Crippen molar-refractivity contribution in [2.45, 2.75) is 45.6 Å². The molecule has 1 rings (SSSR count). The second-order valence-corrected chi connectivity index (χ2v) is 4.39. The predicted octanol–water partition coefficient (Wildman–Crippen LogP) is 2.35. The van der Waals surface area contributed by atoms with Gasteiger partial charge in [0.1, 0.15) is 11.6 Å². The van der Waals surface area contributed by atoms with Gasteiger partial charge in [-0.2, -0.15) is 5.26 Å². The minimum atomic E-state index is -0.509. The molecule has 1 atom stereocenters. The Morgan fingerprint density at radius 2 is 2.29 bits per heavy atom. The Morgan fingerprint density at radius 3 is 2.82 bits per heavy atom. The molecule has 0 radical (unpaired) electrons. The highest BCUT2D eigenvalue weighted by Crippen LogP contribution is 2.32. The number of hydrogen-bond acceptors (Lipinski definition) is 4. The molecule has 0 aromatic carbocycles. The van der Waals surface area contributed by atoms with Gasteiger partial charge < -0.3 is 9.47 Å². The fourth-order valence-corrected chi connectivity index (χ4v) is 1.92. The van der Waals surface area contributed by atoms with Gasteiger partial charge in [-0.1, -0.05) is 6.92 Å². The highest BCUT2D eigenvalue weighted by Gasteiger charge is 2.31. The first-order valence-electron chi connectivity index (χ1n) is 5.99. The molecule has 0 aromatic rings. The average molecular weight is 237 g/mol. The van der Waals surface area contributed by atoms with Gasteiger partial charge in [0.25, 0.3) is 0 Å². The number of carbonyl (C=O) groups is 1. The lowest BCUT2D eigenvalue weighted by molar-refractivity contribution is -0.138. The molecule has 1 heterocycles. The Balaban J connectivity index is 2.94. The summed E-state index contributed by atoms with van der Waals surface area (Å²) in [4.78, 5) is 11.6. The molecule has 0 saturated carbocycles. The first-order valence-corrected chi connectivity index (χ1v) is 5.99. The van der Waals surface area contributed by atoms with E-state index in [9.17, 15) is 4.79 Å². The zero-order valence-electron chi connectivity index (χ0n) is 10.7. The van der Waals surface area contributed by atoms with Crippen LogP contribution in [-0.4, -0.2) is 24.8 Å². The highest BCUT2D eigenvalue weighted by molar-refractivity contribution is 5.93. The second-order valence-electron chi connectivity index (χ2n) is 4.39. The van der Waals surface area contributed by atoms with Gasteiger partial charge >= 0.3 is 5.97 Å². The minimum Gasteiger partial charge on any atom is -0.462 e. The average Bonchev–Trinajstić information content (AvgIpc) is 2.30. The third kappa shape index (κ3) is 3.31. The number of hydrogen-bond donors (Lipinski definition) is 0. The summed E-state index contributed by atoms with van der Waals surface area (Å²) < 4.78 is 10.6. The molecule has 1 unspecified atom stereocenters. The monoisotopic (exact) mass is 237 g/mol. The molecule has 4 heteroatoms. The van der Waals surface area contributed by atoms with Gasteiger partial charge in [-0.25, -0.2) is 4.79 Å². The lowest BCUT2D eigenvalue weighted by Gasteiger charge is -2.34. The summed E-state index contributed by atoms with van der Waals surface area (Å²) in [6.07, 6.45) is 2.13. The quantitative estimate of drug-likeness (QED) is 0.429. The van der Waals surface area contributed by atoms with E-state index in [4.69, 9.17) is 14.7 Å². The van der Waals surface area contributed by atoms with Gasteiger partial charge in [0.05, 0.1) is 18.8 Å². The predicted molar refractivity (Wildman–Crippen MR) is 63.2 cm³/mol. The molecule has 0 bridgehead atoms. The van der Waals surface area contributed by atoms with E-state index in [0.717, 1.165) is 12.0 Å². The Morgan fingerprint density at radius 1 is 1.59 bits per heavy atom. The smallest absolute Gasteiger partial charge is 0.348 e. The maximum absolute atomic E-state index is 11.6. The topological polar surface area (TPSA) is 59.3 Å². The Labute approximate surface area is 102 Å². The molecule has 0 aliphatic carbocycles. The van der Waals surface area contributed by atoms with Crippen molar-refractivity contribution in [1.82, 2.24) is 0 Å². The molecule has 94 valence electrons. The van der Waals surface area contributed by atoms with Crippen LogP contribution in [-0.2, 0) is 14.3 Å². The Bertz CT molecular complexity index is 367. The van der Waals surface area contributed by atoms with Crippen molar-refractivity contribution in [3.63, 3.8) is 0 Å². The van der Waals surface area contributed by atoms with Crippen molar-refractivity contribution in [3.8, 4) is 6.07 Å². The van der Waals surface area contributed by atoms with Crippen LogP contribution in [0.1, 0.15) is 40.0 Å². The van der Waals surface area contributed by atoms with Gasteiger partial charge in [0.2, 0.25) is 0 Å². The second kappa shape index (κ2) is 5.83. The Kier molecular flexibility index (Phi) is 4.71. The molecule has 1 aliphatic rings. The van der Waals surface area contributed by atoms with Crippen molar-refractivity contribution in [1.29, 1.82) is 5.26 Å². The zero-order valence-corrected chi connectivity index (χ0v) is 10.7. The van der Waals surface area contributed by atoms with Crippen LogP contribution in [0.5, 0.6) is 0 Å². The number of nitrogens with zero attached hydrogens (tertiary/aromatic N) is 1. The van der Waals surface area contributed by atoms with Crippen LogP contribution in [0, 0.1) is 11.3 Å². The number of carbonyl (C=O) groups excluding carboxylic acids is 1. The largest absolute Gasteiger partial charge is 0.462 e. The standard InChI is InChI=1S/C13H19NO3/c1-4-13(3)8-10(6-7-17-13)11(9-14)12(15)16-5-2/h4-8H2,1-3H3/b11-10+. The van der Waals surface area contributed by atoms with Crippen molar-refractivity contribution in [2.75, 3.05) is 13.2 Å². The van der Waals surface area contributed by atoms with Gasteiger partial charge in [-0.3, -0.25) is 0 Å². The summed E-state index contributed by atoms with van der Waals surface area (Å²) in [6, 6.07) is 1.97. The van der Waals surface area contributed by atoms with Crippen molar-refractivity contribution in [2.24, 2.45) is 0 Å². The van der Waals surface area contributed by atoms with E-state index >= 15 is 0 Å². The fourth-order valence-electron chi connectivity index (χ4n) is 1.92. The minimum absolute atomic E-state index is 0.162. The summed E-state index contributed by atoms with van der Waals surface area (Å²) in [6.45, 7) is 6.63. The molecular weight excluding hydrogens is 218 g/mol. The fraction of sp³-hybridized carbons (Fsp3) is 0.692. The lowest BCUT2D eigenvalue weighted by Crippen LogP contribution is -2.34. The molecule has 1 aliphatic heterocycles. The van der Waals surface area contributed by atoms with Crippen LogP contribution in [0.4, 0.5) is 0 Å². The van der Waals surface area contributed by atoms with Crippen LogP contribution in [0.3, 0.4) is 0 Å². The molecule has 17 heavy (non-hydrogen) atoms. The van der Waals surface area contributed by atoms with Crippen molar-refractivity contribution >= 4 is 5.97 Å². The first-order chi connectivity index (χ1) is 8.06. The van der Waals surface area contributed by atoms with Gasteiger partial charge in [-0.15, -0.1) is 0 Å². The van der Waals surface area contributed by atoms with Crippen molar-refractivity contribution in [3.05, 3.63) is 11.1 Å². The molecule has 0 spiro atoms. The van der Waals surface area contributed by atoms with E-state index in [1.54, 1.807) is 6.92 Å². The maximum atomic E-state index is 11.6. The number of ether oxygens (including phenoxy) is 2. The van der Waals surface area contributed by atoms with E-state index < -0.39 is 5.97 Å². The molecule has 0 N–H and O–H groups in total. The van der Waals surface area contributed by atoms with E-state index in [2.05, 4.69) is 0 Å². The van der Waals surface area contributed by atoms with E-state index in [1.807, 2.05) is 19.9 Å². The third-order valence-corrected chi connectivity index (χ3v) is 3.13. The molecule has 0 amide bonds. The molecule has 1 saturated heterocycles. The lowest BCUT2D eigenvalue weighted by atomic mass is 9.87. The summed E-state index contributed by atoms with van der Waals surface area (Å²) >= 11 is 0. The Hall–Kier alpha value is -1.34. The van der Waals surface area contributed by atoms with Crippen LogP contribution >= 0.6 is 0 Å². The highest BCUT2D eigenvalue weighted by atomic mass is 16.5. The normalized spacial score (nSPS) is 27.2. The van der Waals surface area contributed by atoms with E-state index in [0.29, 0.717) is 26.1 Å². The maximum Gasteiger partial charge on any atom is 0.348 e. The van der Waals surface area contributed by atoms with E-state index in [1.165, 1.54) is 0 Å². The summed E-state index contributed by atoms with van der Waals surface area (Å²) in [7, 11) is 0. The molecule has 1 fully saturated rings. The molecular formula is C13H19NO3. The van der Waals surface area contributed by atoms with Gasteiger partial charge in [0, 0.05) is 0 Å². The molecule has 0 aromatic heterocycles. The number of nitriles is 1. The van der Waals surface area contributed by atoms with Crippen LogP contribution < -0.4 is 0 Å². The number of rotatable bonds is 3. The van der Waals surface area contributed by atoms with Gasteiger partial charge in [0.15, 0.2) is 0 Å². The third-order valence-electron chi connectivity index (χ3n) is 3.13. The summed E-state index contributed by atoms with van der Waals surface area (Å²) in [5.41, 5.74) is 0.763. The first kappa shape index (κ1) is 13.7. The van der Waals surface area contributed by atoms with Crippen LogP contribution in [0.15, 0.2) is 11.1 Å². The van der Waals surface area contributed by atoms with Crippen LogP contribution in [0.25, 0.3) is 0 Å². The summed E-state index contributed by atoms with van der Waals surface area (Å²) in [5, 5.41) is 9.07. The summed E-state index contributed by atoms with van der Waals surface area (Å²) in [5.74, 6) is -0.509.